The molecular weight excluding hydrogens is 441 g/mol. The van der Waals surface area contributed by atoms with Crippen LogP contribution in [-0.4, -0.2) is 37.4 Å². The Hall–Kier alpha value is -3.95. The number of fused-ring (bicyclic) bond motifs is 1. The van der Waals surface area contributed by atoms with Gasteiger partial charge in [-0.05, 0) is 49.2 Å². The van der Waals surface area contributed by atoms with E-state index < -0.39 is 0 Å². The molecule has 5 rings (SSSR count). The molecule has 2 heterocycles. The zero-order valence-corrected chi connectivity index (χ0v) is 20.0. The van der Waals surface area contributed by atoms with Gasteiger partial charge in [0.25, 0.3) is 0 Å². The number of ether oxygens (including phenoxy) is 2. The van der Waals surface area contributed by atoms with Crippen LogP contribution >= 0.6 is 0 Å². The Morgan fingerprint density at radius 2 is 1.60 bits per heavy atom. The van der Waals surface area contributed by atoms with Crippen molar-refractivity contribution in [2.45, 2.75) is 26.1 Å². The SMILES string of the molecule is [C-]#[N+]c1ccc(-c2cc(F)cc3c(OC)c(-c4ccc(N5CC(C)OC(C)C5)cc4)cnc23)cc1. The molecule has 0 N–H and O–H groups in total. The Bertz CT molecular complexity index is 1400. The van der Waals surface area contributed by atoms with Crippen molar-refractivity contribution in [3.63, 3.8) is 0 Å². The van der Waals surface area contributed by atoms with E-state index >= 15 is 0 Å². The molecule has 2 unspecified atom stereocenters. The summed E-state index contributed by atoms with van der Waals surface area (Å²) >= 11 is 0. The zero-order chi connectivity index (χ0) is 24.5. The summed E-state index contributed by atoms with van der Waals surface area (Å²) in [5.74, 6) is 0.208. The lowest BCUT2D eigenvalue weighted by Crippen LogP contribution is -2.45. The van der Waals surface area contributed by atoms with Gasteiger partial charge in [0.1, 0.15) is 11.6 Å². The number of nitrogens with zero attached hydrogens (tertiary/aromatic N) is 3. The number of rotatable bonds is 4. The van der Waals surface area contributed by atoms with E-state index in [1.54, 1.807) is 25.4 Å². The molecule has 1 fully saturated rings. The second-order valence-electron chi connectivity index (χ2n) is 8.92. The van der Waals surface area contributed by atoms with E-state index in [0.29, 0.717) is 27.9 Å². The quantitative estimate of drug-likeness (QED) is 0.307. The number of hydrogen-bond donors (Lipinski definition) is 0. The Morgan fingerprint density at radius 1 is 0.971 bits per heavy atom. The highest BCUT2D eigenvalue weighted by Crippen LogP contribution is 2.40. The van der Waals surface area contributed by atoms with E-state index in [4.69, 9.17) is 21.0 Å². The van der Waals surface area contributed by atoms with Crippen LogP contribution in [0.1, 0.15) is 13.8 Å². The largest absolute Gasteiger partial charge is 0.495 e. The lowest BCUT2D eigenvalue weighted by Gasteiger charge is -2.36. The van der Waals surface area contributed by atoms with Crippen LogP contribution in [-0.2, 0) is 4.74 Å². The summed E-state index contributed by atoms with van der Waals surface area (Å²) in [4.78, 5) is 10.5. The minimum Gasteiger partial charge on any atom is -0.495 e. The van der Waals surface area contributed by atoms with Crippen LogP contribution in [0.5, 0.6) is 5.75 Å². The van der Waals surface area contributed by atoms with Crippen molar-refractivity contribution in [1.29, 1.82) is 0 Å². The summed E-state index contributed by atoms with van der Waals surface area (Å²) in [7, 11) is 1.60. The molecule has 1 aliphatic rings. The molecule has 2 atom stereocenters. The molecule has 0 saturated carbocycles. The summed E-state index contributed by atoms with van der Waals surface area (Å²) in [6.07, 6.45) is 2.15. The van der Waals surface area contributed by atoms with Crippen LogP contribution in [0, 0.1) is 12.4 Å². The number of methoxy groups -OCH3 is 1. The fourth-order valence-corrected chi connectivity index (χ4v) is 4.85. The van der Waals surface area contributed by atoms with Gasteiger partial charge < -0.3 is 14.4 Å². The first-order valence-electron chi connectivity index (χ1n) is 11.6. The molecule has 0 aliphatic carbocycles. The molecule has 0 bridgehead atoms. The van der Waals surface area contributed by atoms with Gasteiger partial charge in [-0.15, -0.1) is 0 Å². The molecule has 1 aromatic heterocycles. The smallest absolute Gasteiger partial charge is 0.187 e. The van der Waals surface area contributed by atoms with Crippen LogP contribution in [0.4, 0.5) is 15.8 Å². The minimum atomic E-state index is -0.370. The van der Waals surface area contributed by atoms with Crippen LogP contribution < -0.4 is 9.64 Å². The maximum Gasteiger partial charge on any atom is 0.187 e. The van der Waals surface area contributed by atoms with Gasteiger partial charge in [-0.1, -0.05) is 36.4 Å². The standard InChI is InChI=1S/C29H26FN3O2/c1-18-16-33(17-19(2)35-18)24-11-7-21(8-12-24)27-15-32-28-25(20-5-9-23(31-3)10-6-20)13-22(30)14-26(28)29(27)34-4/h5-15,18-19H,16-17H2,1-2,4H3. The van der Waals surface area contributed by atoms with Crippen LogP contribution in [0.3, 0.4) is 0 Å². The van der Waals surface area contributed by atoms with E-state index in [-0.39, 0.29) is 18.0 Å². The molecule has 3 aromatic carbocycles. The summed E-state index contributed by atoms with van der Waals surface area (Å²) in [6, 6.07) is 18.3. The van der Waals surface area contributed by atoms with Crippen LogP contribution in [0.15, 0.2) is 66.9 Å². The van der Waals surface area contributed by atoms with E-state index in [0.717, 1.165) is 35.5 Å². The van der Waals surface area contributed by atoms with Gasteiger partial charge in [-0.2, -0.15) is 0 Å². The second kappa shape index (κ2) is 9.36. The van der Waals surface area contributed by atoms with Gasteiger partial charge in [0.05, 0.1) is 31.4 Å². The van der Waals surface area contributed by atoms with Crippen LogP contribution in [0.2, 0.25) is 0 Å². The average molecular weight is 468 g/mol. The predicted octanol–water partition coefficient (Wildman–Crippen LogP) is 6.88. The number of halogens is 1. The zero-order valence-electron chi connectivity index (χ0n) is 20.0. The highest BCUT2D eigenvalue weighted by atomic mass is 19.1. The number of pyridine rings is 1. The summed E-state index contributed by atoms with van der Waals surface area (Å²) in [5, 5.41) is 0.606. The molecular formula is C29H26FN3O2. The Kier molecular flexibility index (Phi) is 6.10. The van der Waals surface area contributed by atoms with Crippen molar-refractivity contribution >= 4 is 22.3 Å². The first-order valence-corrected chi connectivity index (χ1v) is 11.6. The molecule has 0 amide bonds. The molecule has 1 saturated heterocycles. The summed E-state index contributed by atoms with van der Waals surface area (Å²) in [6.45, 7) is 13.0. The van der Waals surface area contributed by atoms with Crippen molar-refractivity contribution in [2.24, 2.45) is 0 Å². The number of hydrogen-bond acceptors (Lipinski definition) is 4. The molecule has 0 radical (unpaired) electrons. The Labute approximate surface area is 204 Å². The van der Waals surface area contributed by atoms with Crippen molar-refractivity contribution < 1.29 is 13.9 Å². The second-order valence-corrected chi connectivity index (χ2v) is 8.92. The van der Waals surface area contributed by atoms with Crippen molar-refractivity contribution in [3.8, 4) is 28.0 Å². The highest BCUT2D eigenvalue weighted by molar-refractivity contribution is 6.00. The lowest BCUT2D eigenvalue weighted by molar-refractivity contribution is -0.00521. The highest BCUT2D eigenvalue weighted by Gasteiger charge is 2.23. The van der Waals surface area contributed by atoms with Gasteiger partial charge in [0.15, 0.2) is 5.69 Å². The first kappa shape index (κ1) is 22.8. The van der Waals surface area contributed by atoms with Gasteiger partial charge in [-0.3, -0.25) is 4.98 Å². The third-order valence-electron chi connectivity index (χ3n) is 6.36. The third-order valence-corrected chi connectivity index (χ3v) is 6.36. The summed E-state index contributed by atoms with van der Waals surface area (Å²) in [5.41, 5.74) is 5.52. The normalized spacial score (nSPS) is 17.9. The maximum absolute atomic E-state index is 14.8. The Balaban J connectivity index is 1.56. The molecule has 5 nitrogen and oxygen atoms in total. The van der Waals surface area contributed by atoms with Crippen molar-refractivity contribution in [3.05, 3.63) is 84.1 Å². The molecule has 0 spiro atoms. The van der Waals surface area contributed by atoms with Gasteiger partial charge in [0, 0.05) is 41.5 Å². The molecule has 4 aromatic rings. The van der Waals surface area contributed by atoms with Crippen LogP contribution in [0.25, 0.3) is 38.0 Å². The number of anilines is 1. The third kappa shape index (κ3) is 4.43. The lowest BCUT2D eigenvalue weighted by atomic mass is 9.98. The predicted molar refractivity (Wildman–Crippen MR) is 138 cm³/mol. The minimum absolute atomic E-state index is 0.185. The van der Waals surface area contributed by atoms with Gasteiger partial charge in [0.2, 0.25) is 0 Å². The molecule has 35 heavy (non-hydrogen) atoms. The number of morpholine rings is 1. The van der Waals surface area contributed by atoms with E-state index in [1.807, 2.05) is 12.1 Å². The maximum atomic E-state index is 14.8. The van der Waals surface area contributed by atoms with Crippen molar-refractivity contribution in [1.82, 2.24) is 4.98 Å². The average Bonchev–Trinajstić information content (AvgIpc) is 2.87. The fourth-order valence-electron chi connectivity index (χ4n) is 4.85. The topological polar surface area (TPSA) is 39.0 Å². The van der Waals surface area contributed by atoms with Gasteiger partial charge >= 0.3 is 0 Å². The van der Waals surface area contributed by atoms with E-state index in [2.05, 4.69) is 47.9 Å². The Morgan fingerprint density at radius 3 is 2.23 bits per heavy atom. The van der Waals surface area contributed by atoms with Gasteiger partial charge in [-0.25, -0.2) is 9.24 Å². The first-order chi connectivity index (χ1) is 17.0. The van der Waals surface area contributed by atoms with E-state index in [9.17, 15) is 4.39 Å². The summed E-state index contributed by atoms with van der Waals surface area (Å²) < 4.78 is 26.4. The molecule has 6 heteroatoms. The molecule has 1 aliphatic heterocycles. The fraction of sp³-hybridized carbons (Fsp3) is 0.241. The number of aromatic nitrogens is 1. The van der Waals surface area contributed by atoms with E-state index in [1.165, 1.54) is 12.1 Å². The molecule has 176 valence electrons. The monoisotopic (exact) mass is 467 g/mol. The van der Waals surface area contributed by atoms with Crippen molar-refractivity contribution in [2.75, 3.05) is 25.1 Å². The number of benzene rings is 3.